The molecule has 0 heterocycles. The van der Waals surface area contributed by atoms with Gasteiger partial charge < -0.3 is 0 Å². The topological polar surface area (TPSA) is 29.1 Å². The third-order valence-corrected chi connectivity index (χ3v) is 4.90. The Labute approximate surface area is 87.3 Å². The molecule has 0 bridgehead atoms. The first-order chi connectivity index (χ1) is 5.33. The molecule has 4 heteroatoms. The Hall–Kier alpha value is 0.930. The van der Waals surface area contributed by atoms with Crippen molar-refractivity contribution in [2.75, 3.05) is 11.0 Å². The molecule has 1 saturated carbocycles. The predicted molar refractivity (Wildman–Crippen MR) is 49.2 cm³/mol. The molecule has 2 nitrogen and oxygen atoms in total. The summed E-state index contributed by atoms with van der Waals surface area (Å²) in [6.45, 7) is 0.930. The van der Waals surface area contributed by atoms with E-state index < -0.39 is 0 Å². The number of hydrogen-bond acceptors (Lipinski definition) is 1. The first kappa shape index (κ1) is 10.0. The monoisotopic (exact) mass is 380 g/mol. The molecular weight excluding hydrogens is 368 g/mol. The molecule has 0 aliphatic heterocycles. The molecular formula is C7H12I2NO-. The van der Waals surface area contributed by atoms with Crippen molar-refractivity contribution in [3.05, 3.63) is 0 Å². The van der Waals surface area contributed by atoms with Gasteiger partial charge in [0.15, 0.2) is 0 Å². The van der Waals surface area contributed by atoms with Gasteiger partial charge in [0.1, 0.15) is 0 Å². The van der Waals surface area contributed by atoms with Gasteiger partial charge in [-0.1, -0.05) is 0 Å². The Bertz CT molecular complexity index is 136. The summed E-state index contributed by atoms with van der Waals surface area (Å²) in [5.74, 6) is 1.06. The summed E-state index contributed by atoms with van der Waals surface area (Å²) >= 11 is 2.44. The van der Waals surface area contributed by atoms with Gasteiger partial charge in [0.05, 0.1) is 0 Å². The van der Waals surface area contributed by atoms with Crippen LogP contribution in [0.2, 0.25) is 0 Å². The number of carbonyl (C=O) groups is 1. The van der Waals surface area contributed by atoms with E-state index in [2.05, 4.69) is 23.9 Å². The number of amides is 1. The van der Waals surface area contributed by atoms with Gasteiger partial charge in [-0.05, 0) is 0 Å². The van der Waals surface area contributed by atoms with E-state index in [1.165, 1.54) is 19.3 Å². The van der Waals surface area contributed by atoms with E-state index in [9.17, 15) is 4.79 Å². The maximum absolute atomic E-state index is 11.0. The normalized spacial score (nSPS) is 17.9. The molecule has 0 saturated heterocycles. The molecule has 1 amide bonds. The molecule has 1 N–H and O–H groups in total. The van der Waals surface area contributed by atoms with Crippen LogP contribution in [0.15, 0.2) is 0 Å². The van der Waals surface area contributed by atoms with Crippen molar-refractivity contribution in [2.24, 2.45) is 5.92 Å². The van der Waals surface area contributed by atoms with E-state index in [0.29, 0.717) is 0 Å². The fourth-order valence-corrected chi connectivity index (χ4v) is 3.34. The summed E-state index contributed by atoms with van der Waals surface area (Å²) in [4.78, 5) is 11.0. The quantitative estimate of drug-likeness (QED) is 0.460. The van der Waals surface area contributed by atoms with Crippen LogP contribution < -0.4 is 22.5 Å². The van der Waals surface area contributed by atoms with Crippen molar-refractivity contribution < 1.29 is 22.0 Å². The van der Waals surface area contributed by atoms with Crippen LogP contribution >= 0.6 is 18.6 Å². The molecule has 0 spiro atoms. The molecule has 0 aromatic heterocycles. The first-order valence-electron chi connectivity index (χ1n) is 3.80. The van der Waals surface area contributed by atoms with E-state index >= 15 is 0 Å². The molecule has 0 radical (unpaired) electrons. The maximum atomic E-state index is 11.0. The molecule has 0 aromatic carbocycles. The number of alkyl halides is 1. The first-order valence-corrected chi connectivity index (χ1v) is 11.6. The Kier molecular flexibility index (Phi) is 5.06. The van der Waals surface area contributed by atoms with E-state index in [4.69, 9.17) is 0 Å². The molecule has 1 aliphatic rings. The van der Waals surface area contributed by atoms with Crippen LogP contribution in [-0.2, 0) is 4.79 Å². The number of rotatable bonds is 4. The zero-order chi connectivity index (χ0) is 8.10. The summed E-state index contributed by atoms with van der Waals surface area (Å²) in [5, 5.41) is 2.97. The molecule has 1 aliphatic carbocycles. The van der Waals surface area contributed by atoms with Gasteiger partial charge in [0.25, 0.3) is 0 Å². The van der Waals surface area contributed by atoms with Crippen LogP contribution in [0, 0.1) is 5.92 Å². The Morgan fingerprint density at radius 2 is 2.36 bits per heavy atom. The fraction of sp³-hybridized carbons (Fsp3) is 0.857. The standard InChI is InChI=1S/C7H12I2NO/c8-9-4-7(11)10-5-6-2-1-3-6/h6H,1-5H2,(H,10,11)/q-1. The van der Waals surface area contributed by atoms with Gasteiger partial charge in [-0.25, -0.2) is 0 Å². The zero-order valence-corrected chi connectivity index (χ0v) is 10.6. The second-order valence-corrected chi connectivity index (χ2v) is 8.04. The van der Waals surface area contributed by atoms with Gasteiger partial charge in [-0.3, -0.25) is 0 Å². The van der Waals surface area contributed by atoms with Gasteiger partial charge in [-0.15, -0.1) is 0 Å². The molecule has 0 unspecified atom stereocenters. The average molecular weight is 380 g/mol. The summed E-state index contributed by atoms with van der Waals surface area (Å²) < 4.78 is 0.784. The zero-order valence-electron chi connectivity index (χ0n) is 6.28. The minimum absolute atomic E-state index is 0.106. The molecule has 1 fully saturated rings. The molecule has 0 atom stereocenters. The average Bonchev–Trinajstić information content (AvgIpc) is 1.85. The van der Waals surface area contributed by atoms with Crippen molar-refractivity contribution in [2.45, 2.75) is 19.3 Å². The van der Waals surface area contributed by atoms with Gasteiger partial charge in [0.2, 0.25) is 0 Å². The van der Waals surface area contributed by atoms with E-state index in [1.54, 1.807) is 0 Å². The second kappa shape index (κ2) is 5.55. The number of halogens is 2. The number of nitrogens with one attached hydrogen (secondary N) is 1. The summed E-state index contributed by atoms with van der Waals surface area (Å²) in [6, 6.07) is 0. The predicted octanol–water partition coefficient (Wildman–Crippen LogP) is -1.66. The van der Waals surface area contributed by atoms with E-state index in [0.717, 1.165) is 16.9 Å². The van der Waals surface area contributed by atoms with Crippen LogP contribution in [0.1, 0.15) is 19.3 Å². The van der Waals surface area contributed by atoms with E-state index in [-0.39, 0.29) is 23.1 Å². The molecule has 11 heavy (non-hydrogen) atoms. The minimum atomic E-state index is 0.106. The summed E-state index contributed by atoms with van der Waals surface area (Å²) in [7, 11) is 0. The summed E-state index contributed by atoms with van der Waals surface area (Å²) in [6.07, 6.45) is 4.00. The van der Waals surface area contributed by atoms with Crippen molar-refractivity contribution in [1.82, 2.24) is 5.32 Å². The third-order valence-electron chi connectivity index (χ3n) is 1.98. The van der Waals surface area contributed by atoms with Crippen LogP contribution in [0.25, 0.3) is 0 Å². The van der Waals surface area contributed by atoms with Gasteiger partial charge in [-0.2, -0.15) is 0 Å². The Morgan fingerprint density at radius 3 is 2.82 bits per heavy atom. The third kappa shape index (κ3) is 3.91. The van der Waals surface area contributed by atoms with Crippen molar-refractivity contribution in [3.8, 4) is 0 Å². The molecule has 66 valence electrons. The van der Waals surface area contributed by atoms with Crippen molar-refractivity contribution in [1.29, 1.82) is 0 Å². The molecule has 0 aromatic rings. The van der Waals surface area contributed by atoms with Crippen LogP contribution in [0.3, 0.4) is 0 Å². The fourth-order valence-electron chi connectivity index (χ4n) is 1.05. The number of carbonyl (C=O) groups excluding carboxylic acids is 1. The van der Waals surface area contributed by atoms with Crippen molar-refractivity contribution in [3.63, 3.8) is 0 Å². The Morgan fingerprint density at radius 1 is 1.64 bits per heavy atom. The van der Waals surface area contributed by atoms with Gasteiger partial charge >= 0.3 is 88.0 Å². The van der Waals surface area contributed by atoms with E-state index in [1.807, 2.05) is 0 Å². The van der Waals surface area contributed by atoms with Gasteiger partial charge in [0, 0.05) is 0 Å². The Balaban J connectivity index is 1.96. The van der Waals surface area contributed by atoms with Crippen LogP contribution in [0.5, 0.6) is 0 Å². The van der Waals surface area contributed by atoms with Crippen molar-refractivity contribution >= 4 is 24.5 Å². The van der Waals surface area contributed by atoms with Crippen LogP contribution in [0.4, 0.5) is 0 Å². The second-order valence-electron chi connectivity index (χ2n) is 2.84. The SMILES string of the molecule is O=C(C[I-]I)NCC1CCC1. The molecule has 1 rings (SSSR count). The van der Waals surface area contributed by atoms with Crippen LogP contribution in [-0.4, -0.2) is 16.9 Å². The summed E-state index contributed by atoms with van der Waals surface area (Å²) in [5.41, 5.74) is 0. The number of hydrogen-bond donors (Lipinski definition) is 1.